The highest BCUT2D eigenvalue weighted by molar-refractivity contribution is 6.30. The Bertz CT molecular complexity index is 390. The van der Waals surface area contributed by atoms with Crippen molar-refractivity contribution in [2.45, 2.75) is 46.1 Å². The number of hydrogen-bond acceptors (Lipinski definition) is 3. The fourth-order valence-corrected chi connectivity index (χ4v) is 2.39. The van der Waals surface area contributed by atoms with Gasteiger partial charge in [-0.3, -0.25) is 9.58 Å². The molecule has 110 valence electrons. The lowest BCUT2D eigenvalue weighted by molar-refractivity contribution is 0.188. The number of aliphatic hydroxyl groups excluding tert-OH is 1. The molecule has 0 aliphatic carbocycles. The Morgan fingerprint density at radius 2 is 2.05 bits per heavy atom. The molecule has 4 nitrogen and oxygen atoms in total. The lowest BCUT2D eigenvalue weighted by Gasteiger charge is -2.21. The van der Waals surface area contributed by atoms with Crippen LogP contribution in [0.1, 0.15) is 50.8 Å². The molecule has 0 radical (unpaired) electrons. The molecule has 0 amide bonds. The summed E-state index contributed by atoms with van der Waals surface area (Å²) in [5.41, 5.74) is 2.16. The van der Waals surface area contributed by atoms with Gasteiger partial charge in [-0.05, 0) is 18.9 Å². The van der Waals surface area contributed by atoms with Crippen LogP contribution in [0, 0.1) is 0 Å². The van der Waals surface area contributed by atoms with Gasteiger partial charge in [-0.2, -0.15) is 5.10 Å². The Hall–Kier alpha value is -0.580. The maximum Gasteiger partial charge on any atom is 0.131 e. The Labute approximate surface area is 121 Å². The van der Waals surface area contributed by atoms with Crippen molar-refractivity contribution in [2.75, 3.05) is 19.7 Å². The Balaban J connectivity index is 2.88. The van der Waals surface area contributed by atoms with Crippen LogP contribution in [0.15, 0.2) is 0 Å². The molecule has 1 aromatic rings. The van der Waals surface area contributed by atoms with Gasteiger partial charge < -0.3 is 5.11 Å². The van der Waals surface area contributed by atoms with Crippen LogP contribution >= 0.6 is 11.6 Å². The van der Waals surface area contributed by atoms with E-state index in [2.05, 4.69) is 30.8 Å². The first-order valence-corrected chi connectivity index (χ1v) is 7.43. The average Bonchev–Trinajstić information content (AvgIpc) is 2.64. The summed E-state index contributed by atoms with van der Waals surface area (Å²) in [7, 11) is 1.88. The van der Waals surface area contributed by atoms with Gasteiger partial charge in [0.1, 0.15) is 5.15 Å². The molecule has 0 atom stereocenters. The molecule has 0 aromatic carbocycles. The van der Waals surface area contributed by atoms with E-state index < -0.39 is 0 Å². The summed E-state index contributed by atoms with van der Waals surface area (Å²) >= 11 is 6.35. The monoisotopic (exact) mass is 287 g/mol. The maximum absolute atomic E-state index is 9.17. The third-order valence-electron chi connectivity index (χ3n) is 3.27. The molecule has 0 saturated heterocycles. The van der Waals surface area contributed by atoms with Crippen LogP contribution in [0.4, 0.5) is 0 Å². The van der Waals surface area contributed by atoms with E-state index >= 15 is 0 Å². The van der Waals surface area contributed by atoms with Crippen LogP contribution in [-0.4, -0.2) is 39.5 Å². The molecule has 0 saturated carbocycles. The molecule has 1 rings (SSSR count). The molecule has 0 aliphatic heterocycles. The van der Waals surface area contributed by atoms with Gasteiger partial charge >= 0.3 is 0 Å². The number of aryl methyl sites for hydroxylation is 1. The van der Waals surface area contributed by atoms with E-state index in [4.69, 9.17) is 11.6 Å². The molecule has 0 fully saturated rings. The highest BCUT2D eigenvalue weighted by Crippen LogP contribution is 2.26. The quantitative estimate of drug-likeness (QED) is 0.799. The van der Waals surface area contributed by atoms with Crippen molar-refractivity contribution in [1.29, 1.82) is 0 Å². The van der Waals surface area contributed by atoms with Crippen molar-refractivity contribution in [3.63, 3.8) is 0 Å². The zero-order chi connectivity index (χ0) is 14.4. The van der Waals surface area contributed by atoms with Gasteiger partial charge in [0, 0.05) is 25.7 Å². The number of rotatable bonds is 8. The average molecular weight is 288 g/mol. The van der Waals surface area contributed by atoms with Gasteiger partial charge in [-0.15, -0.1) is 0 Å². The molecule has 5 heteroatoms. The van der Waals surface area contributed by atoms with Crippen LogP contribution in [0.2, 0.25) is 5.15 Å². The number of aliphatic hydroxyl groups is 1. The van der Waals surface area contributed by atoms with Crippen LogP contribution in [0.25, 0.3) is 0 Å². The van der Waals surface area contributed by atoms with Crippen LogP contribution in [-0.2, 0) is 13.6 Å². The van der Waals surface area contributed by atoms with E-state index in [9.17, 15) is 5.11 Å². The number of halogens is 1. The van der Waals surface area contributed by atoms with Gasteiger partial charge in [0.25, 0.3) is 0 Å². The fourth-order valence-electron chi connectivity index (χ4n) is 2.19. The smallest absolute Gasteiger partial charge is 0.131 e. The summed E-state index contributed by atoms with van der Waals surface area (Å²) in [6.45, 7) is 9.05. The molecule has 1 N–H and O–H groups in total. The summed E-state index contributed by atoms with van der Waals surface area (Å²) in [5, 5.41) is 14.4. The molecule has 0 bridgehead atoms. The highest BCUT2D eigenvalue weighted by Gasteiger charge is 2.19. The van der Waals surface area contributed by atoms with Crippen molar-refractivity contribution in [3.05, 3.63) is 16.4 Å². The second-order valence-electron chi connectivity index (χ2n) is 5.29. The van der Waals surface area contributed by atoms with Crippen LogP contribution in [0.3, 0.4) is 0 Å². The lowest BCUT2D eigenvalue weighted by Crippen LogP contribution is -2.28. The minimum atomic E-state index is 0.179. The molecule has 0 aliphatic rings. The Kier molecular flexibility index (Phi) is 6.83. The number of unbranched alkanes of at least 4 members (excludes halogenated alkanes) is 1. The Morgan fingerprint density at radius 3 is 2.58 bits per heavy atom. The SMILES string of the molecule is CCCCN(CCO)Cc1c(C(C)C)nn(C)c1Cl. The van der Waals surface area contributed by atoms with E-state index in [0.29, 0.717) is 17.6 Å². The molecule has 1 heterocycles. The third kappa shape index (κ3) is 4.48. The summed E-state index contributed by atoms with van der Waals surface area (Å²) in [5.74, 6) is 0.357. The van der Waals surface area contributed by atoms with Crippen molar-refractivity contribution in [1.82, 2.24) is 14.7 Å². The molecular formula is C14H26ClN3O. The summed E-state index contributed by atoms with van der Waals surface area (Å²) in [4.78, 5) is 2.25. The van der Waals surface area contributed by atoms with Crippen molar-refractivity contribution < 1.29 is 5.11 Å². The van der Waals surface area contributed by atoms with E-state index in [0.717, 1.165) is 37.2 Å². The first-order valence-electron chi connectivity index (χ1n) is 7.05. The maximum atomic E-state index is 9.17. The molecular weight excluding hydrogens is 262 g/mol. The van der Waals surface area contributed by atoms with E-state index in [-0.39, 0.29) is 6.61 Å². The highest BCUT2D eigenvalue weighted by atomic mass is 35.5. The normalized spacial score (nSPS) is 11.8. The topological polar surface area (TPSA) is 41.3 Å². The molecule has 19 heavy (non-hydrogen) atoms. The van der Waals surface area contributed by atoms with E-state index in [1.807, 2.05) is 7.05 Å². The summed E-state index contributed by atoms with van der Waals surface area (Å²) in [6, 6.07) is 0. The van der Waals surface area contributed by atoms with Crippen LogP contribution in [0.5, 0.6) is 0 Å². The van der Waals surface area contributed by atoms with Crippen molar-refractivity contribution in [2.24, 2.45) is 7.05 Å². The van der Waals surface area contributed by atoms with E-state index in [1.54, 1.807) is 4.68 Å². The zero-order valence-corrected chi connectivity index (χ0v) is 13.2. The number of aromatic nitrogens is 2. The van der Waals surface area contributed by atoms with E-state index in [1.165, 1.54) is 0 Å². The molecule has 0 spiro atoms. The summed E-state index contributed by atoms with van der Waals surface area (Å²) in [6.07, 6.45) is 2.29. The van der Waals surface area contributed by atoms with Gasteiger partial charge in [0.15, 0.2) is 0 Å². The Morgan fingerprint density at radius 1 is 1.37 bits per heavy atom. The first kappa shape index (κ1) is 16.5. The molecule has 1 aromatic heterocycles. The van der Waals surface area contributed by atoms with Gasteiger partial charge in [0.2, 0.25) is 0 Å². The largest absolute Gasteiger partial charge is 0.395 e. The lowest BCUT2D eigenvalue weighted by atomic mass is 10.1. The minimum Gasteiger partial charge on any atom is -0.395 e. The zero-order valence-electron chi connectivity index (χ0n) is 12.5. The fraction of sp³-hybridized carbons (Fsp3) is 0.786. The van der Waals surface area contributed by atoms with Gasteiger partial charge in [-0.25, -0.2) is 0 Å². The predicted octanol–water partition coefficient (Wildman–Crippen LogP) is 2.79. The predicted molar refractivity (Wildman–Crippen MR) is 79.6 cm³/mol. The second-order valence-corrected chi connectivity index (χ2v) is 5.64. The van der Waals surface area contributed by atoms with Crippen molar-refractivity contribution >= 4 is 11.6 Å². The van der Waals surface area contributed by atoms with Gasteiger partial charge in [0.05, 0.1) is 12.3 Å². The van der Waals surface area contributed by atoms with Crippen molar-refractivity contribution in [3.8, 4) is 0 Å². The second kappa shape index (κ2) is 7.88. The van der Waals surface area contributed by atoms with Gasteiger partial charge in [-0.1, -0.05) is 38.8 Å². The minimum absolute atomic E-state index is 0.179. The summed E-state index contributed by atoms with van der Waals surface area (Å²) < 4.78 is 1.74. The van der Waals surface area contributed by atoms with Crippen LogP contribution < -0.4 is 0 Å². The number of nitrogens with zero attached hydrogens (tertiary/aromatic N) is 3. The standard InChI is InChI=1S/C14H26ClN3O/c1-5-6-7-18(8-9-19)10-12-13(11(2)3)16-17(4)14(12)15/h11,19H,5-10H2,1-4H3. The number of hydrogen-bond donors (Lipinski definition) is 1. The first-order chi connectivity index (χ1) is 9.01. The molecule has 0 unspecified atom stereocenters. The third-order valence-corrected chi connectivity index (χ3v) is 3.75.